The number of aromatic nitrogens is 3. The van der Waals surface area contributed by atoms with E-state index in [2.05, 4.69) is 103 Å². The standard InChI is InChI=1S/C36H21N3O/c1-5-14-31-27(11-1)32-19-16-24(21-39(32)38-31)22-8-7-9-23(20-22)35-29-18-17-26-25-10-3-6-15-33(25)40-36(26)34(29)28-12-2-4-13-30(28)37-35/h1-21H. The minimum absolute atomic E-state index is 0.899. The number of benzene rings is 5. The van der Waals surface area contributed by atoms with Gasteiger partial charge in [-0.05, 0) is 42.0 Å². The first-order chi connectivity index (χ1) is 19.8. The summed E-state index contributed by atoms with van der Waals surface area (Å²) in [7, 11) is 0. The van der Waals surface area contributed by atoms with Gasteiger partial charge in [0.25, 0.3) is 0 Å². The number of hydrogen-bond acceptors (Lipinski definition) is 3. The first kappa shape index (κ1) is 21.5. The second kappa shape index (κ2) is 8.01. The molecule has 186 valence electrons. The molecule has 0 atom stereocenters. The maximum absolute atomic E-state index is 6.49. The normalized spacial score (nSPS) is 12.0. The van der Waals surface area contributed by atoms with Crippen LogP contribution in [0.3, 0.4) is 0 Å². The lowest BCUT2D eigenvalue weighted by atomic mass is 9.96. The van der Waals surface area contributed by atoms with Crippen molar-refractivity contribution >= 4 is 60.0 Å². The third kappa shape index (κ3) is 3.01. The molecule has 40 heavy (non-hydrogen) atoms. The number of fused-ring (bicyclic) bond motifs is 10. The first-order valence-corrected chi connectivity index (χ1v) is 13.4. The quantitative estimate of drug-likeness (QED) is 0.217. The van der Waals surface area contributed by atoms with Crippen LogP contribution in [-0.4, -0.2) is 14.6 Å². The van der Waals surface area contributed by atoms with Crippen LogP contribution in [-0.2, 0) is 0 Å². The van der Waals surface area contributed by atoms with Gasteiger partial charge in [0.05, 0.1) is 22.2 Å². The van der Waals surface area contributed by atoms with Crippen molar-refractivity contribution in [2.45, 2.75) is 0 Å². The number of para-hydroxylation sites is 2. The van der Waals surface area contributed by atoms with Gasteiger partial charge in [-0.3, -0.25) is 0 Å². The van der Waals surface area contributed by atoms with E-state index in [1.54, 1.807) is 0 Å². The molecule has 0 amide bonds. The molecule has 4 nitrogen and oxygen atoms in total. The van der Waals surface area contributed by atoms with Crippen LogP contribution in [0.15, 0.2) is 132 Å². The van der Waals surface area contributed by atoms with Crippen molar-refractivity contribution in [2.75, 3.05) is 0 Å². The highest BCUT2D eigenvalue weighted by molar-refractivity contribution is 6.24. The molecule has 0 aliphatic rings. The van der Waals surface area contributed by atoms with Crippen LogP contribution in [0.5, 0.6) is 0 Å². The summed E-state index contributed by atoms with van der Waals surface area (Å²) in [5.41, 5.74) is 9.09. The Hall–Kier alpha value is -5.48. The Morgan fingerprint density at radius 1 is 0.525 bits per heavy atom. The Morgan fingerprint density at radius 2 is 1.27 bits per heavy atom. The Bertz CT molecular complexity index is 2450. The number of hydrogen-bond donors (Lipinski definition) is 0. The van der Waals surface area contributed by atoms with Gasteiger partial charge < -0.3 is 4.42 Å². The van der Waals surface area contributed by atoms with E-state index in [0.717, 1.165) is 82.4 Å². The van der Waals surface area contributed by atoms with Crippen molar-refractivity contribution in [2.24, 2.45) is 0 Å². The molecule has 0 aliphatic carbocycles. The average Bonchev–Trinajstić information content (AvgIpc) is 3.58. The lowest BCUT2D eigenvalue weighted by Crippen LogP contribution is -1.92. The summed E-state index contributed by atoms with van der Waals surface area (Å²) in [5.74, 6) is 0. The molecule has 0 fully saturated rings. The maximum atomic E-state index is 6.49. The van der Waals surface area contributed by atoms with Gasteiger partial charge in [0.2, 0.25) is 0 Å². The van der Waals surface area contributed by atoms with Crippen molar-refractivity contribution in [1.82, 2.24) is 14.6 Å². The molecular formula is C36H21N3O. The summed E-state index contributed by atoms with van der Waals surface area (Å²) in [5, 5.41) is 11.5. The molecule has 0 aliphatic heterocycles. The summed E-state index contributed by atoms with van der Waals surface area (Å²) in [6, 6.07) is 42.2. The number of nitrogens with zero attached hydrogens (tertiary/aromatic N) is 3. The van der Waals surface area contributed by atoms with Crippen LogP contribution in [0.25, 0.3) is 82.4 Å². The molecule has 4 heteroatoms. The zero-order valence-corrected chi connectivity index (χ0v) is 21.4. The third-order valence-corrected chi connectivity index (χ3v) is 8.00. The van der Waals surface area contributed by atoms with Crippen LogP contribution >= 0.6 is 0 Å². The molecule has 9 rings (SSSR count). The van der Waals surface area contributed by atoms with Gasteiger partial charge in [0.1, 0.15) is 11.2 Å². The Labute approximate surface area is 228 Å². The highest BCUT2D eigenvalue weighted by Crippen LogP contribution is 2.41. The van der Waals surface area contributed by atoms with E-state index in [1.165, 1.54) is 0 Å². The SMILES string of the molecule is c1cc(-c2ccc3c4ccccc4nn3c2)cc(-c2nc3ccccc3c3c2ccc2c4ccccc4oc23)c1. The van der Waals surface area contributed by atoms with Gasteiger partial charge in [-0.25, -0.2) is 9.50 Å². The molecule has 0 radical (unpaired) electrons. The average molecular weight is 512 g/mol. The molecular weight excluding hydrogens is 490 g/mol. The molecule has 4 heterocycles. The van der Waals surface area contributed by atoms with E-state index in [4.69, 9.17) is 14.5 Å². The summed E-state index contributed by atoms with van der Waals surface area (Å²) in [4.78, 5) is 5.19. The zero-order chi connectivity index (χ0) is 26.2. The summed E-state index contributed by atoms with van der Waals surface area (Å²) in [6.45, 7) is 0. The minimum atomic E-state index is 0.899. The van der Waals surface area contributed by atoms with Gasteiger partial charge in [0, 0.05) is 49.6 Å². The number of rotatable bonds is 2. The molecule has 5 aromatic carbocycles. The van der Waals surface area contributed by atoms with Gasteiger partial charge in [-0.15, -0.1) is 0 Å². The van der Waals surface area contributed by atoms with Crippen LogP contribution in [0.2, 0.25) is 0 Å². The van der Waals surface area contributed by atoms with Crippen LogP contribution < -0.4 is 0 Å². The molecule has 0 bridgehead atoms. The lowest BCUT2D eigenvalue weighted by Gasteiger charge is -2.12. The largest absolute Gasteiger partial charge is 0.455 e. The van der Waals surface area contributed by atoms with Gasteiger partial charge in [-0.2, -0.15) is 5.10 Å². The predicted octanol–water partition coefficient (Wildman–Crippen LogP) is 9.42. The maximum Gasteiger partial charge on any atom is 0.144 e. The molecule has 0 saturated heterocycles. The van der Waals surface area contributed by atoms with Crippen molar-refractivity contribution in [1.29, 1.82) is 0 Å². The highest BCUT2D eigenvalue weighted by Gasteiger charge is 2.17. The molecule has 4 aromatic heterocycles. The smallest absolute Gasteiger partial charge is 0.144 e. The van der Waals surface area contributed by atoms with Crippen molar-refractivity contribution < 1.29 is 4.42 Å². The Balaban J connectivity index is 1.29. The summed E-state index contributed by atoms with van der Waals surface area (Å²) < 4.78 is 8.47. The van der Waals surface area contributed by atoms with E-state index >= 15 is 0 Å². The predicted molar refractivity (Wildman–Crippen MR) is 164 cm³/mol. The first-order valence-electron chi connectivity index (χ1n) is 13.4. The van der Waals surface area contributed by atoms with E-state index in [1.807, 2.05) is 28.8 Å². The van der Waals surface area contributed by atoms with E-state index in [0.29, 0.717) is 0 Å². The van der Waals surface area contributed by atoms with Crippen molar-refractivity contribution in [3.63, 3.8) is 0 Å². The Morgan fingerprint density at radius 3 is 2.20 bits per heavy atom. The van der Waals surface area contributed by atoms with Crippen molar-refractivity contribution in [3.05, 3.63) is 128 Å². The highest BCUT2D eigenvalue weighted by atomic mass is 16.3. The fourth-order valence-corrected chi connectivity index (χ4v) is 6.13. The molecule has 0 N–H and O–H groups in total. The number of furan rings is 1. The number of pyridine rings is 2. The minimum Gasteiger partial charge on any atom is -0.455 e. The third-order valence-electron chi connectivity index (χ3n) is 8.00. The van der Waals surface area contributed by atoms with E-state index in [9.17, 15) is 0 Å². The zero-order valence-electron chi connectivity index (χ0n) is 21.4. The topological polar surface area (TPSA) is 43.3 Å². The van der Waals surface area contributed by atoms with Gasteiger partial charge >= 0.3 is 0 Å². The summed E-state index contributed by atoms with van der Waals surface area (Å²) in [6.07, 6.45) is 2.11. The van der Waals surface area contributed by atoms with E-state index in [-0.39, 0.29) is 0 Å². The lowest BCUT2D eigenvalue weighted by molar-refractivity contribution is 0.673. The van der Waals surface area contributed by atoms with Gasteiger partial charge in [-0.1, -0.05) is 84.9 Å². The molecule has 0 saturated carbocycles. The van der Waals surface area contributed by atoms with E-state index < -0.39 is 0 Å². The monoisotopic (exact) mass is 511 g/mol. The second-order valence-corrected chi connectivity index (χ2v) is 10.3. The van der Waals surface area contributed by atoms with Gasteiger partial charge in [0.15, 0.2) is 0 Å². The molecule has 0 unspecified atom stereocenters. The van der Waals surface area contributed by atoms with Crippen LogP contribution in [0.4, 0.5) is 0 Å². The molecule has 9 aromatic rings. The van der Waals surface area contributed by atoms with Crippen LogP contribution in [0.1, 0.15) is 0 Å². The molecule has 0 spiro atoms. The summed E-state index contributed by atoms with van der Waals surface area (Å²) >= 11 is 0. The Kier molecular flexibility index (Phi) is 4.30. The fraction of sp³-hybridized carbons (Fsp3) is 0. The second-order valence-electron chi connectivity index (χ2n) is 10.3. The van der Waals surface area contributed by atoms with Crippen LogP contribution in [0, 0.1) is 0 Å². The fourth-order valence-electron chi connectivity index (χ4n) is 6.13. The van der Waals surface area contributed by atoms with Crippen molar-refractivity contribution in [3.8, 4) is 22.4 Å².